The number of nitrogens with zero attached hydrogens (tertiary/aromatic N) is 1. The molecule has 1 aliphatic rings. The maximum atomic E-state index is 12.5. The standard InChI is InChI=1S/C18H20N2O4/c1-11-14(10-19)17(13-6-4-5-7-15(13)23-3)16(12(2)20-11)18(22)24-9-8-21/h4-7,17,20-21H,8-9H2,1-3H3. The normalized spacial score (nSPS) is 17.2. The van der Waals surface area contributed by atoms with E-state index in [9.17, 15) is 10.1 Å². The van der Waals surface area contributed by atoms with Crippen LogP contribution in [0.5, 0.6) is 5.75 Å². The summed E-state index contributed by atoms with van der Waals surface area (Å²) in [5.41, 5.74) is 2.79. The molecule has 1 aliphatic heterocycles. The highest BCUT2D eigenvalue weighted by molar-refractivity contribution is 5.93. The van der Waals surface area contributed by atoms with Crippen LogP contribution in [0.3, 0.4) is 0 Å². The lowest BCUT2D eigenvalue weighted by Gasteiger charge is -2.29. The third-order valence-corrected chi connectivity index (χ3v) is 3.88. The first-order chi connectivity index (χ1) is 11.5. The van der Waals surface area contributed by atoms with Gasteiger partial charge in [-0.05, 0) is 19.9 Å². The van der Waals surface area contributed by atoms with Gasteiger partial charge in [-0.15, -0.1) is 0 Å². The number of benzene rings is 1. The van der Waals surface area contributed by atoms with E-state index < -0.39 is 11.9 Å². The van der Waals surface area contributed by atoms with Gasteiger partial charge in [-0.3, -0.25) is 0 Å². The lowest BCUT2D eigenvalue weighted by molar-refractivity contribution is -0.140. The van der Waals surface area contributed by atoms with Crippen LogP contribution in [0.25, 0.3) is 0 Å². The minimum atomic E-state index is -0.585. The number of aliphatic hydroxyl groups excluding tert-OH is 1. The van der Waals surface area contributed by atoms with Gasteiger partial charge in [0.1, 0.15) is 12.4 Å². The molecule has 0 radical (unpaired) electrons. The number of esters is 1. The minimum absolute atomic E-state index is 0.0984. The molecule has 0 amide bonds. The molecule has 0 saturated carbocycles. The van der Waals surface area contributed by atoms with E-state index in [0.29, 0.717) is 33.9 Å². The molecule has 2 rings (SSSR count). The third-order valence-electron chi connectivity index (χ3n) is 3.88. The van der Waals surface area contributed by atoms with Crippen LogP contribution < -0.4 is 10.1 Å². The summed E-state index contributed by atoms with van der Waals surface area (Å²) in [5, 5.41) is 21.6. The van der Waals surface area contributed by atoms with E-state index in [0.717, 1.165) is 0 Å². The number of nitriles is 1. The van der Waals surface area contributed by atoms with Gasteiger partial charge < -0.3 is 19.9 Å². The van der Waals surface area contributed by atoms with E-state index in [4.69, 9.17) is 14.6 Å². The Morgan fingerprint density at radius 3 is 2.67 bits per heavy atom. The number of hydrogen-bond donors (Lipinski definition) is 2. The monoisotopic (exact) mass is 328 g/mol. The number of nitrogens with one attached hydrogen (secondary N) is 1. The quantitative estimate of drug-likeness (QED) is 0.803. The maximum absolute atomic E-state index is 12.5. The van der Waals surface area contributed by atoms with Crippen LogP contribution >= 0.6 is 0 Å². The lowest BCUT2D eigenvalue weighted by Crippen LogP contribution is -2.29. The predicted octanol–water partition coefficient (Wildman–Crippen LogP) is 1.99. The van der Waals surface area contributed by atoms with E-state index in [1.165, 1.54) is 0 Å². The lowest BCUT2D eigenvalue weighted by atomic mass is 9.80. The Morgan fingerprint density at radius 1 is 1.33 bits per heavy atom. The van der Waals surface area contributed by atoms with Gasteiger partial charge in [0, 0.05) is 17.0 Å². The van der Waals surface area contributed by atoms with Gasteiger partial charge in [-0.1, -0.05) is 18.2 Å². The van der Waals surface area contributed by atoms with Gasteiger partial charge >= 0.3 is 5.97 Å². The number of carbonyl (C=O) groups is 1. The summed E-state index contributed by atoms with van der Waals surface area (Å²) in [6.45, 7) is 3.19. The van der Waals surface area contributed by atoms with Crippen molar-refractivity contribution >= 4 is 5.97 Å². The smallest absolute Gasteiger partial charge is 0.336 e. The summed E-state index contributed by atoms with van der Waals surface area (Å²) in [6.07, 6.45) is 0. The summed E-state index contributed by atoms with van der Waals surface area (Å²) in [7, 11) is 1.54. The summed E-state index contributed by atoms with van der Waals surface area (Å²) in [6, 6.07) is 9.45. The van der Waals surface area contributed by atoms with Gasteiger partial charge in [0.15, 0.2) is 0 Å². The van der Waals surface area contributed by atoms with Crippen molar-refractivity contribution in [1.29, 1.82) is 5.26 Å². The molecule has 1 heterocycles. The van der Waals surface area contributed by atoms with Crippen LogP contribution in [-0.2, 0) is 9.53 Å². The molecule has 24 heavy (non-hydrogen) atoms. The molecule has 1 aromatic carbocycles. The fraction of sp³-hybridized carbons (Fsp3) is 0.333. The summed E-state index contributed by atoms with van der Waals surface area (Å²) < 4.78 is 10.5. The Morgan fingerprint density at radius 2 is 2.04 bits per heavy atom. The van der Waals surface area contributed by atoms with Crippen LogP contribution in [0.2, 0.25) is 0 Å². The highest BCUT2D eigenvalue weighted by Gasteiger charge is 2.35. The van der Waals surface area contributed by atoms with Crippen LogP contribution in [-0.4, -0.2) is 31.4 Å². The first-order valence-electron chi connectivity index (χ1n) is 7.54. The van der Waals surface area contributed by atoms with Crippen LogP contribution in [0.1, 0.15) is 25.3 Å². The molecule has 2 N–H and O–H groups in total. The minimum Gasteiger partial charge on any atom is -0.496 e. The number of dihydropyridines is 1. The molecular formula is C18H20N2O4. The zero-order valence-electron chi connectivity index (χ0n) is 13.9. The Balaban J connectivity index is 2.61. The fourth-order valence-corrected chi connectivity index (χ4v) is 2.84. The number of para-hydroxylation sites is 1. The molecule has 0 fully saturated rings. The van der Waals surface area contributed by atoms with Crippen molar-refractivity contribution in [3.05, 3.63) is 52.4 Å². The number of rotatable bonds is 5. The SMILES string of the molecule is COc1ccccc1C1C(C#N)=C(C)NC(C)=C1C(=O)OCCO. The molecule has 126 valence electrons. The van der Waals surface area contributed by atoms with E-state index in [1.54, 1.807) is 27.0 Å². The summed E-state index contributed by atoms with van der Waals surface area (Å²) in [4.78, 5) is 12.5. The Hall–Kier alpha value is -2.78. The second-order valence-electron chi connectivity index (χ2n) is 5.35. The average molecular weight is 328 g/mol. The highest BCUT2D eigenvalue weighted by atomic mass is 16.5. The van der Waals surface area contributed by atoms with Gasteiger partial charge in [0.05, 0.1) is 36.9 Å². The van der Waals surface area contributed by atoms with Crippen LogP contribution in [0.15, 0.2) is 46.8 Å². The van der Waals surface area contributed by atoms with Gasteiger partial charge in [0.2, 0.25) is 0 Å². The van der Waals surface area contributed by atoms with Crippen molar-refractivity contribution in [2.24, 2.45) is 0 Å². The molecule has 1 unspecified atom stereocenters. The maximum Gasteiger partial charge on any atom is 0.336 e. The van der Waals surface area contributed by atoms with Crippen molar-refractivity contribution in [1.82, 2.24) is 5.32 Å². The van der Waals surface area contributed by atoms with Crippen LogP contribution in [0, 0.1) is 11.3 Å². The van der Waals surface area contributed by atoms with Crippen molar-refractivity contribution in [2.45, 2.75) is 19.8 Å². The molecule has 0 aliphatic carbocycles. The number of aliphatic hydroxyl groups is 1. The van der Waals surface area contributed by atoms with Crippen molar-refractivity contribution in [3.63, 3.8) is 0 Å². The fourth-order valence-electron chi connectivity index (χ4n) is 2.84. The molecule has 0 bridgehead atoms. The first kappa shape index (κ1) is 17.6. The zero-order valence-corrected chi connectivity index (χ0v) is 13.9. The van der Waals surface area contributed by atoms with E-state index >= 15 is 0 Å². The van der Waals surface area contributed by atoms with Gasteiger partial charge in [-0.2, -0.15) is 5.26 Å². The second kappa shape index (κ2) is 7.66. The predicted molar refractivity (Wildman–Crippen MR) is 87.9 cm³/mol. The van der Waals surface area contributed by atoms with Crippen LogP contribution in [0.4, 0.5) is 0 Å². The molecule has 6 nitrogen and oxygen atoms in total. The number of methoxy groups -OCH3 is 1. The number of hydrogen-bond acceptors (Lipinski definition) is 6. The van der Waals surface area contributed by atoms with Gasteiger partial charge in [-0.25, -0.2) is 4.79 Å². The largest absolute Gasteiger partial charge is 0.496 e. The van der Waals surface area contributed by atoms with Gasteiger partial charge in [0.25, 0.3) is 0 Å². The van der Waals surface area contributed by atoms with E-state index in [1.807, 2.05) is 18.2 Å². The summed E-state index contributed by atoms with van der Waals surface area (Å²) in [5.74, 6) is -0.561. The number of allylic oxidation sites excluding steroid dienone is 3. The number of carbonyl (C=O) groups excluding carboxylic acids is 1. The Labute approximate surface area is 141 Å². The van der Waals surface area contributed by atoms with E-state index in [-0.39, 0.29) is 13.2 Å². The molecule has 6 heteroatoms. The first-order valence-corrected chi connectivity index (χ1v) is 7.54. The molecular weight excluding hydrogens is 308 g/mol. The zero-order chi connectivity index (χ0) is 17.7. The Kier molecular flexibility index (Phi) is 5.61. The third kappa shape index (κ3) is 3.26. The molecule has 1 aromatic rings. The average Bonchev–Trinajstić information content (AvgIpc) is 2.59. The molecule has 0 saturated heterocycles. The van der Waals surface area contributed by atoms with Crippen molar-refractivity contribution in [2.75, 3.05) is 20.3 Å². The topological polar surface area (TPSA) is 91.6 Å². The summed E-state index contributed by atoms with van der Waals surface area (Å²) >= 11 is 0. The second-order valence-corrected chi connectivity index (χ2v) is 5.35. The Bertz CT molecular complexity index is 744. The molecule has 0 aromatic heterocycles. The van der Waals surface area contributed by atoms with E-state index in [2.05, 4.69) is 11.4 Å². The molecule has 1 atom stereocenters. The number of ether oxygens (including phenoxy) is 2. The van der Waals surface area contributed by atoms with Crippen molar-refractivity contribution in [3.8, 4) is 11.8 Å². The van der Waals surface area contributed by atoms with Crippen molar-refractivity contribution < 1.29 is 19.4 Å². The highest BCUT2D eigenvalue weighted by Crippen LogP contribution is 2.41. The molecule has 0 spiro atoms.